The van der Waals surface area contributed by atoms with Gasteiger partial charge in [0.05, 0.1) is 5.92 Å². The summed E-state index contributed by atoms with van der Waals surface area (Å²) < 4.78 is 18.8. The van der Waals surface area contributed by atoms with Crippen molar-refractivity contribution in [2.75, 3.05) is 0 Å². The Morgan fingerprint density at radius 2 is 1.77 bits per heavy atom. The molecule has 1 aromatic carbocycles. The number of rotatable bonds is 2. The topological polar surface area (TPSA) is 43.4 Å². The van der Waals surface area contributed by atoms with Gasteiger partial charge in [0, 0.05) is 0 Å². The van der Waals surface area contributed by atoms with Gasteiger partial charge in [0.25, 0.3) is 0 Å². The molecule has 1 aliphatic carbocycles. The maximum absolute atomic E-state index is 13.1. The van der Waals surface area contributed by atoms with Crippen LogP contribution < -0.4 is 0 Å². The SMILES string of the molecule is CCC1C(=O)C2(CCCCC2)C(=O)OC1c1ccc(F)cc1. The molecule has 0 amide bonds. The fraction of sp³-hybridized carbons (Fsp3) is 0.556. The van der Waals surface area contributed by atoms with E-state index in [1.165, 1.54) is 12.1 Å². The van der Waals surface area contributed by atoms with Gasteiger partial charge in [-0.25, -0.2) is 4.39 Å². The summed E-state index contributed by atoms with van der Waals surface area (Å²) in [4.78, 5) is 25.6. The summed E-state index contributed by atoms with van der Waals surface area (Å²) in [5, 5.41) is 0. The highest BCUT2D eigenvalue weighted by Gasteiger charge is 2.55. The minimum absolute atomic E-state index is 0.0280. The zero-order chi connectivity index (χ0) is 15.7. The van der Waals surface area contributed by atoms with E-state index in [-0.39, 0.29) is 23.5 Å². The molecule has 1 aromatic rings. The molecule has 1 saturated carbocycles. The number of ether oxygens (including phenoxy) is 1. The molecule has 22 heavy (non-hydrogen) atoms. The fourth-order valence-electron chi connectivity index (χ4n) is 3.86. The van der Waals surface area contributed by atoms with Crippen LogP contribution in [0.4, 0.5) is 4.39 Å². The maximum atomic E-state index is 13.1. The summed E-state index contributed by atoms with van der Waals surface area (Å²) in [7, 11) is 0. The second kappa shape index (κ2) is 5.82. The van der Waals surface area contributed by atoms with Gasteiger partial charge in [0.15, 0.2) is 5.78 Å². The molecule has 4 heteroatoms. The normalized spacial score (nSPS) is 27.7. The molecule has 118 valence electrons. The Hall–Kier alpha value is -1.71. The smallest absolute Gasteiger partial charge is 0.320 e. The summed E-state index contributed by atoms with van der Waals surface area (Å²) in [6.07, 6.45) is 4.13. The molecular weight excluding hydrogens is 283 g/mol. The molecule has 0 aromatic heterocycles. The van der Waals surface area contributed by atoms with E-state index in [1.54, 1.807) is 12.1 Å². The number of hydrogen-bond acceptors (Lipinski definition) is 3. The Labute approximate surface area is 129 Å². The number of carbonyl (C=O) groups is 2. The van der Waals surface area contributed by atoms with Crippen molar-refractivity contribution in [2.24, 2.45) is 11.3 Å². The highest BCUT2D eigenvalue weighted by molar-refractivity contribution is 6.07. The van der Waals surface area contributed by atoms with E-state index in [2.05, 4.69) is 0 Å². The summed E-state index contributed by atoms with van der Waals surface area (Å²) in [5.74, 6) is -1.02. The van der Waals surface area contributed by atoms with E-state index >= 15 is 0 Å². The van der Waals surface area contributed by atoms with E-state index in [0.29, 0.717) is 24.8 Å². The van der Waals surface area contributed by atoms with Crippen LogP contribution in [0.25, 0.3) is 0 Å². The van der Waals surface area contributed by atoms with Gasteiger partial charge in [-0.05, 0) is 37.0 Å². The minimum atomic E-state index is -0.921. The number of ketones is 1. The number of cyclic esters (lactones) is 1. The van der Waals surface area contributed by atoms with Crippen molar-refractivity contribution in [1.82, 2.24) is 0 Å². The highest BCUT2D eigenvalue weighted by atomic mass is 19.1. The summed E-state index contributed by atoms with van der Waals surface area (Å²) in [6, 6.07) is 5.88. The third-order valence-electron chi connectivity index (χ3n) is 5.14. The lowest BCUT2D eigenvalue weighted by atomic mass is 9.64. The van der Waals surface area contributed by atoms with Crippen LogP contribution in [-0.4, -0.2) is 11.8 Å². The van der Waals surface area contributed by atoms with Crippen molar-refractivity contribution in [3.05, 3.63) is 35.6 Å². The number of halogens is 1. The Balaban J connectivity index is 1.93. The standard InChI is InChI=1S/C18H21FO3/c1-2-14-15(12-6-8-13(19)9-7-12)22-17(21)18(16(14)20)10-4-3-5-11-18/h6-9,14-15H,2-5,10-11H2,1H3. The molecule has 0 bridgehead atoms. The molecule has 3 nitrogen and oxygen atoms in total. The van der Waals surface area contributed by atoms with Crippen LogP contribution in [0, 0.1) is 17.2 Å². The minimum Gasteiger partial charge on any atom is -0.456 e. The van der Waals surface area contributed by atoms with Crippen LogP contribution in [-0.2, 0) is 14.3 Å². The average Bonchev–Trinajstić information content (AvgIpc) is 2.54. The lowest BCUT2D eigenvalue weighted by molar-refractivity contribution is -0.184. The number of carbonyl (C=O) groups excluding carboxylic acids is 2. The molecule has 0 radical (unpaired) electrons. The third-order valence-corrected chi connectivity index (χ3v) is 5.14. The second-order valence-corrected chi connectivity index (χ2v) is 6.40. The first kappa shape index (κ1) is 15.2. The predicted molar refractivity (Wildman–Crippen MR) is 79.5 cm³/mol. The number of benzene rings is 1. The monoisotopic (exact) mass is 304 g/mol. The van der Waals surface area contributed by atoms with E-state index in [0.717, 1.165) is 19.3 Å². The Bertz CT molecular complexity index is 572. The van der Waals surface area contributed by atoms with Crippen LogP contribution in [0.2, 0.25) is 0 Å². The lowest BCUT2D eigenvalue weighted by Crippen LogP contribution is -2.51. The number of Topliss-reactive ketones (excluding diaryl/α,β-unsaturated/α-hetero) is 1. The van der Waals surface area contributed by atoms with Crippen molar-refractivity contribution in [1.29, 1.82) is 0 Å². The van der Waals surface area contributed by atoms with Crippen molar-refractivity contribution < 1.29 is 18.7 Å². The molecule has 2 aliphatic rings. The third kappa shape index (κ3) is 2.34. The zero-order valence-corrected chi connectivity index (χ0v) is 12.8. The van der Waals surface area contributed by atoms with Gasteiger partial charge in [-0.2, -0.15) is 0 Å². The van der Waals surface area contributed by atoms with Crippen LogP contribution in [0.1, 0.15) is 57.1 Å². The van der Waals surface area contributed by atoms with Gasteiger partial charge < -0.3 is 4.74 Å². The molecular formula is C18H21FO3. The van der Waals surface area contributed by atoms with Crippen molar-refractivity contribution >= 4 is 11.8 Å². The first-order chi connectivity index (χ1) is 10.6. The van der Waals surface area contributed by atoms with Gasteiger partial charge in [-0.1, -0.05) is 38.3 Å². The van der Waals surface area contributed by atoms with E-state index in [9.17, 15) is 14.0 Å². The Morgan fingerprint density at radius 3 is 2.36 bits per heavy atom. The molecule has 2 fully saturated rings. The molecule has 2 atom stereocenters. The Kier molecular flexibility index (Phi) is 4.02. The van der Waals surface area contributed by atoms with E-state index in [4.69, 9.17) is 4.74 Å². The number of esters is 1. The summed E-state index contributed by atoms with van der Waals surface area (Å²) in [6.45, 7) is 1.94. The molecule has 1 heterocycles. The van der Waals surface area contributed by atoms with Crippen LogP contribution in [0.15, 0.2) is 24.3 Å². The van der Waals surface area contributed by atoms with Crippen molar-refractivity contribution in [3.63, 3.8) is 0 Å². The maximum Gasteiger partial charge on any atom is 0.320 e. The second-order valence-electron chi connectivity index (χ2n) is 6.40. The summed E-state index contributed by atoms with van der Waals surface area (Å²) in [5.41, 5.74) is -0.226. The Morgan fingerprint density at radius 1 is 1.14 bits per heavy atom. The quantitative estimate of drug-likeness (QED) is 0.613. The lowest BCUT2D eigenvalue weighted by Gasteiger charge is -2.43. The highest BCUT2D eigenvalue weighted by Crippen LogP contribution is 2.48. The van der Waals surface area contributed by atoms with E-state index < -0.39 is 11.5 Å². The first-order valence-electron chi connectivity index (χ1n) is 8.09. The molecule has 0 N–H and O–H groups in total. The largest absolute Gasteiger partial charge is 0.456 e. The molecule has 3 rings (SSSR count). The molecule has 2 unspecified atom stereocenters. The first-order valence-corrected chi connectivity index (χ1v) is 8.09. The molecule has 1 spiro atoms. The van der Waals surface area contributed by atoms with Crippen molar-refractivity contribution in [2.45, 2.75) is 51.6 Å². The van der Waals surface area contributed by atoms with E-state index in [1.807, 2.05) is 6.92 Å². The van der Waals surface area contributed by atoms with Gasteiger partial charge in [-0.3, -0.25) is 9.59 Å². The number of hydrogen-bond donors (Lipinski definition) is 0. The van der Waals surface area contributed by atoms with Crippen LogP contribution >= 0.6 is 0 Å². The molecule has 1 aliphatic heterocycles. The van der Waals surface area contributed by atoms with Gasteiger partial charge in [0.1, 0.15) is 17.3 Å². The van der Waals surface area contributed by atoms with Crippen LogP contribution in [0.3, 0.4) is 0 Å². The summed E-state index contributed by atoms with van der Waals surface area (Å²) >= 11 is 0. The van der Waals surface area contributed by atoms with Gasteiger partial charge in [-0.15, -0.1) is 0 Å². The fourth-order valence-corrected chi connectivity index (χ4v) is 3.86. The molecule has 1 saturated heterocycles. The average molecular weight is 304 g/mol. The van der Waals surface area contributed by atoms with Crippen molar-refractivity contribution in [3.8, 4) is 0 Å². The van der Waals surface area contributed by atoms with Gasteiger partial charge in [0.2, 0.25) is 0 Å². The zero-order valence-electron chi connectivity index (χ0n) is 12.8. The predicted octanol–water partition coefficient (Wildman–Crippen LogP) is 3.97. The van der Waals surface area contributed by atoms with Crippen LogP contribution in [0.5, 0.6) is 0 Å². The van der Waals surface area contributed by atoms with Gasteiger partial charge >= 0.3 is 5.97 Å².